The monoisotopic (exact) mass is 426 g/mol. The highest BCUT2D eigenvalue weighted by atomic mass is 31.1. The molecular weight excluding hydrogens is 409 g/mol. The third-order valence-electron chi connectivity index (χ3n) is 4.72. The van der Waals surface area contributed by atoms with Crippen LogP contribution in [0.15, 0.2) is 66.7 Å². The standard InChI is InChI=1S/C22H17F6P/c1-14-4-3-5-20(15(14)2)29(18-10-6-16(7-11-18)21(23,24)25)19-12-8-17(9-13-19)22(26,27)28/h3-13H,1-2H3. The highest BCUT2D eigenvalue weighted by Crippen LogP contribution is 2.37. The topological polar surface area (TPSA) is 0 Å². The Morgan fingerprint density at radius 2 is 1.00 bits per heavy atom. The third-order valence-corrected chi connectivity index (χ3v) is 7.32. The van der Waals surface area contributed by atoms with Gasteiger partial charge in [-0.2, -0.15) is 26.3 Å². The maximum Gasteiger partial charge on any atom is 0.416 e. The van der Waals surface area contributed by atoms with Crippen molar-refractivity contribution >= 4 is 23.8 Å². The van der Waals surface area contributed by atoms with Crippen LogP contribution in [0.25, 0.3) is 0 Å². The molecule has 0 unspecified atom stereocenters. The molecule has 0 radical (unpaired) electrons. The lowest BCUT2D eigenvalue weighted by Crippen LogP contribution is -2.23. The fourth-order valence-corrected chi connectivity index (χ4v) is 5.50. The largest absolute Gasteiger partial charge is 0.416 e. The van der Waals surface area contributed by atoms with Gasteiger partial charge < -0.3 is 0 Å². The van der Waals surface area contributed by atoms with Crippen LogP contribution in [0.1, 0.15) is 22.3 Å². The van der Waals surface area contributed by atoms with Gasteiger partial charge in [-0.25, -0.2) is 0 Å². The summed E-state index contributed by atoms with van der Waals surface area (Å²) < 4.78 is 77.6. The van der Waals surface area contributed by atoms with E-state index in [1.54, 1.807) is 0 Å². The zero-order valence-electron chi connectivity index (χ0n) is 15.6. The summed E-state index contributed by atoms with van der Waals surface area (Å²) in [5, 5.41) is 2.18. The van der Waals surface area contributed by atoms with Crippen molar-refractivity contribution in [2.75, 3.05) is 0 Å². The predicted octanol–water partition coefficient (Wildman–Crippen LogP) is 6.10. The molecule has 0 N–H and O–H groups in total. The van der Waals surface area contributed by atoms with E-state index in [0.717, 1.165) is 40.7 Å². The molecule has 29 heavy (non-hydrogen) atoms. The molecule has 0 spiro atoms. The first-order chi connectivity index (χ1) is 13.5. The lowest BCUT2D eigenvalue weighted by atomic mass is 10.1. The zero-order valence-corrected chi connectivity index (χ0v) is 16.5. The molecule has 7 heteroatoms. The van der Waals surface area contributed by atoms with Gasteiger partial charge in [-0.3, -0.25) is 0 Å². The Labute approximate surface area is 165 Å². The van der Waals surface area contributed by atoms with Crippen molar-refractivity contribution in [3.63, 3.8) is 0 Å². The van der Waals surface area contributed by atoms with Gasteiger partial charge in [0.05, 0.1) is 11.1 Å². The van der Waals surface area contributed by atoms with Crippen molar-refractivity contribution in [1.29, 1.82) is 0 Å². The van der Waals surface area contributed by atoms with Crippen LogP contribution < -0.4 is 15.9 Å². The average molecular weight is 426 g/mol. The molecule has 0 fully saturated rings. The van der Waals surface area contributed by atoms with Crippen molar-refractivity contribution in [1.82, 2.24) is 0 Å². The Bertz CT molecular complexity index is 928. The van der Waals surface area contributed by atoms with Crippen LogP contribution in [0.3, 0.4) is 0 Å². The molecule has 0 bridgehead atoms. The summed E-state index contributed by atoms with van der Waals surface area (Å²) in [6, 6.07) is 15.3. The van der Waals surface area contributed by atoms with Crippen molar-refractivity contribution in [2.45, 2.75) is 26.2 Å². The number of alkyl halides is 6. The van der Waals surface area contributed by atoms with Crippen molar-refractivity contribution in [3.8, 4) is 0 Å². The van der Waals surface area contributed by atoms with Crippen LogP contribution in [-0.4, -0.2) is 0 Å². The highest BCUT2D eigenvalue weighted by Gasteiger charge is 2.32. The molecule has 3 aromatic rings. The lowest BCUT2D eigenvalue weighted by Gasteiger charge is -2.23. The van der Waals surface area contributed by atoms with Crippen LogP contribution in [0, 0.1) is 13.8 Å². The van der Waals surface area contributed by atoms with Gasteiger partial charge in [0.25, 0.3) is 0 Å². The molecular formula is C22H17F6P. The van der Waals surface area contributed by atoms with Gasteiger partial charge in [-0.05, 0) is 73.1 Å². The van der Waals surface area contributed by atoms with E-state index >= 15 is 0 Å². The van der Waals surface area contributed by atoms with Crippen LogP contribution in [-0.2, 0) is 12.4 Å². The Morgan fingerprint density at radius 1 is 0.586 bits per heavy atom. The summed E-state index contributed by atoms with van der Waals surface area (Å²) in [7, 11) is -1.31. The quantitative estimate of drug-likeness (QED) is 0.351. The van der Waals surface area contributed by atoms with E-state index in [1.165, 1.54) is 24.3 Å². The molecule has 0 aliphatic rings. The molecule has 3 rings (SSSR count). The van der Waals surface area contributed by atoms with E-state index in [-0.39, 0.29) is 0 Å². The van der Waals surface area contributed by atoms with Crippen LogP contribution in [0.4, 0.5) is 26.3 Å². The Balaban J connectivity index is 2.14. The number of halogens is 6. The minimum absolute atomic E-state index is 0.640. The number of rotatable bonds is 3. The lowest BCUT2D eigenvalue weighted by molar-refractivity contribution is -0.138. The first kappa shape index (κ1) is 21.4. The molecule has 0 saturated carbocycles. The average Bonchev–Trinajstić information content (AvgIpc) is 2.65. The second-order valence-electron chi connectivity index (χ2n) is 6.64. The maximum absolute atomic E-state index is 12.9. The molecule has 0 aliphatic heterocycles. The predicted molar refractivity (Wildman–Crippen MR) is 105 cm³/mol. The van der Waals surface area contributed by atoms with Gasteiger partial charge in [0.15, 0.2) is 0 Å². The molecule has 0 aliphatic carbocycles. The van der Waals surface area contributed by atoms with E-state index in [1.807, 2.05) is 32.0 Å². The minimum atomic E-state index is -4.45. The molecule has 0 nitrogen and oxygen atoms in total. The normalized spacial score (nSPS) is 12.4. The van der Waals surface area contributed by atoms with Gasteiger partial charge in [0.1, 0.15) is 0 Å². The van der Waals surface area contributed by atoms with Gasteiger partial charge in [-0.15, -0.1) is 0 Å². The molecule has 0 atom stereocenters. The number of hydrogen-bond donors (Lipinski definition) is 0. The molecule has 0 aromatic heterocycles. The summed E-state index contributed by atoms with van der Waals surface area (Å²) >= 11 is 0. The molecule has 0 amide bonds. The van der Waals surface area contributed by atoms with E-state index in [0.29, 0.717) is 10.6 Å². The van der Waals surface area contributed by atoms with Crippen molar-refractivity contribution in [2.24, 2.45) is 0 Å². The first-order valence-corrected chi connectivity index (χ1v) is 10.0. The number of benzene rings is 3. The maximum atomic E-state index is 12.9. The fourth-order valence-electron chi connectivity index (χ4n) is 3.00. The molecule has 0 heterocycles. The summed E-state index contributed by atoms with van der Waals surface area (Å²) in [5.74, 6) is 0. The summed E-state index contributed by atoms with van der Waals surface area (Å²) in [6.45, 7) is 3.83. The van der Waals surface area contributed by atoms with Crippen LogP contribution in [0.2, 0.25) is 0 Å². The summed E-state index contributed by atoms with van der Waals surface area (Å²) in [6.07, 6.45) is -8.90. The highest BCUT2D eigenvalue weighted by molar-refractivity contribution is 7.79. The van der Waals surface area contributed by atoms with Crippen LogP contribution in [0.5, 0.6) is 0 Å². The van der Waals surface area contributed by atoms with E-state index in [9.17, 15) is 26.3 Å². The third kappa shape index (κ3) is 4.64. The van der Waals surface area contributed by atoms with Crippen molar-refractivity contribution in [3.05, 3.63) is 89.0 Å². The smallest absolute Gasteiger partial charge is 0.166 e. The zero-order chi connectivity index (χ0) is 21.4. The van der Waals surface area contributed by atoms with Gasteiger partial charge in [0.2, 0.25) is 0 Å². The second kappa shape index (κ2) is 7.83. The molecule has 152 valence electrons. The van der Waals surface area contributed by atoms with Crippen molar-refractivity contribution < 1.29 is 26.3 Å². The Morgan fingerprint density at radius 3 is 1.38 bits per heavy atom. The minimum Gasteiger partial charge on any atom is -0.166 e. The Kier molecular flexibility index (Phi) is 5.77. The SMILES string of the molecule is Cc1cccc(P(c2ccc(C(F)(F)F)cc2)c2ccc(C(F)(F)F)cc2)c1C. The van der Waals surface area contributed by atoms with E-state index < -0.39 is 31.4 Å². The molecule has 0 saturated heterocycles. The second-order valence-corrected chi connectivity index (χ2v) is 8.83. The number of aryl methyl sites for hydroxylation is 1. The van der Waals surface area contributed by atoms with E-state index in [4.69, 9.17) is 0 Å². The first-order valence-electron chi connectivity index (χ1n) is 8.69. The summed E-state index contributed by atoms with van der Waals surface area (Å²) in [4.78, 5) is 0. The van der Waals surface area contributed by atoms with Gasteiger partial charge >= 0.3 is 12.4 Å². The summed E-state index contributed by atoms with van der Waals surface area (Å²) in [5.41, 5.74) is 0.460. The molecule has 3 aromatic carbocycles. The van der Waals surface area contributed by atoms with Crippen LogP contribution >= 0.6 is 7.92 Å². The van der Waals surface area contributed by atoms with E-state index in [2.05, 4.69) is 0 Å². The van der Waals surface area contributed by atoms with Gasteiger partial charge in [-0.1, -0.05) is 42.5 Å². The fraction of sp³-hybridized carbons (Fsp3) is 0.182. The Hall–Kier alpha value is -2.33. The van der Waals surface area contributed by atoms with Gasteiger partial charge in [0, 0.05) is 0 Å². The number of hydrogen-bond acceptors (Lipinski definition) is 0.